The second-order valence-electron chi connectivity index (χ2n) is 3.77. The van der Waals surface area contributed by atoms with E-state index in [2.05, 4.69) is 22.6 Å². The smallest absolute Gasteiger partial charge is 0.196 e. The van der Waals surface area contributed by atoms with Crippen LogP contribution >= 0.6 is 22.6 Å². The minimum atomic E-state index is -0.00421. The molecule has 0 fully saturated rings. The zero-order valence-electron chi connectivity index (χ0n) is 10.0. The number of ketones is 1. The Labute approximate surface area is 120 Å². The predicted molar refractivity (Wildman–Crippen MR) is 80.2 cm³/mol. The molecule has 0 radical (unpaired) electrons. The van der Waals surface area contributed by atoms with Gasteiger partial charge in [-0.2, -0.15) is 0 Å². The van der Waals surface area contributed by atoms with Crippen molar-refractivity contribution in [1.82, 2.24) is 0 Å². The molecule has 0 aliphatic carbocycles. The van der Waals surface area contributed by atoms with Gasteiger partial charge in [-0.05, 0) is 65.9 Å². The van der Waals surface area contributed by atoms with Crippen molar-refractivity contribution in [2.75, 3.05) is 6.61 Å². The number of halogens is 1. The molecule has 92 valence electrons. The molecule has 0 aliphatic rings. The largest absolute Gasteiger partial charge is 0.493 e. The van der Waals surface area contributed by atoms with Gasteiger partial charge in [-0.25, -0.2) is 0 Å². The fourth-order valence-corrected chi connectivity index (χ4v) is 2.05. The van der Waals surface area contributed by atoms with Crippen LogP contribution in [-0.2, 0) is 0 Å². The lowest BCUT2D eigenvalue weighted by Crippen LogP contribution is -2.05. The summed E-state index contributed by atoms with van der Waals surface area (Å²) in [6.07, 6.45) is 0. The normalized spacial score (nSPS) is 10.1. The topological polar surface area (TPSA) is 26.3 Å². The van der Waals surface area contributed by atoms with E-state index >= 15 is 0 Å². The maximum Gasteiger partial charge on any atom is 0.196 e. The Balaban J connectivity index is 2.36. The van der Waals surface area contributed by atoms with E-state index in [-0.39, 0.29) is 5.78 Å². The molecule has 0 spiro atoms. The quantitative estimate of drug-likeness (QED) is 0.616. The summed E-state index contributed by atoms with van der Waals surface area (Å²) in [4.78, 5) is 12.4. The van der Waals surface area contributed by atoms with Gasteiger partial charge in [0.2, 0.25) is 0 Å². The summed E-state index contributed by atoms with van der Waals surface area (Å²) in [6, 6.07) is 14.9. The van der Waals surface area contributed by atoms with E-state index in [1.807, 2.05) is 49.4 Å². The van der Waals surface area contributed by atoms with E-state index in [4.69, 9.17) is 4.74 Å². The fourth-order valence-electron chi connectivity index (χ4n) is 1.69. The van der Waals surface area contributed by atoms with Crippen molar-refractivity contribution in [3.05, 3.63) is 63.2 Å². The zero-order chi connectivity index (χ0) is 13.0. The van der Waals surface area contributed by atoms with Crippen molar-refractivity contribution in [1.29, 1.82) is 0 Å². The Hall–Kier alpha value is -1.36. The number of rotatable bonds is 4. The lowest BCUT2D eigenvalue weighted by Gasteiger charge is -2.09. The van der Waals surface area contributed by atoms with Crippen molar-refractivity contribution < 1.29 is 9.53 Å². The molecule has 0 N–H and O–H groups in total. The van der Waals surface area contributed by atoms with E-state index in [0.717, 1.165) is 3.57 Å². The van der Waals surface area contributed by atoms with Crippen LogP contribution in [0.25, 0.3) is 0 Å². The molecule has 0 amide bonds. The highest BCUT2D eigenvalue weighted by molar-refractivity contribution is 14.1. The fraction of sp³-hybridized carbons (Fsp3) is 0.133. The van der Waals surface area contributed by atoms with Crippen LogP contribution in [0.5, 0.6) is 5.75 Å². The SMILES string of the molecule is CCOc1ccccc1C(=O)c1ccc(I)cc1. The summed E-state index contributed by atoms with van der Waals surface area (Å²) in [5, 5.41) is 0. The minimum absolute atomic E-state index is 0.00421. The highest BCUT2D eigenvalue weighted by Crippen LogP contribution is 2.21. The van der Waals surface area contributed by atoms with Gasteiger partial charge in [0.1, 0.15) is 5.75 Å². The standard InChI is InChI=1S/C15H13IO2/c1-2-18-14-6-4-3-5-13(14)15(17)11-7-9-12(16)10-8-11/h3-10H,2H2,1H3. The highest BCUT2D eigenvalue weighted by atomic mass is 127. The number of hydrogen-bond acceptors (Lipinski definition) is 2. The molecule has 0 saturated carbocycles. The van der Waals surface area contributed by atoms with Crippen LogP contribution in [0.2, 0.25) is 0 Å². The van der Waals surface area contributed by atoms with Crippen molar-refractivity contribution in [2.24, 2.45) is 0 Å². The molecule has 0 aromatic heterocycles. The van der Waals surface area contributed by atoms with Gasteiger partial charge < -0.3 is 4.74 Å². The van der Waals surface area contributed by atoms with Crippen molar-refractivity contribution in [3.8, 4) is 5.75 Å². The van der Waals surface area contributed by atoms with Gasteiger partial charge in [0.15, 0.2) is 5.78 Å². The summed E-state index contributed by atoms with van der Waals surface area (Å²) >= 11 is 2.22. The lowest BCUT2D eigenvalue weighted by atomic mass is 10.0. The van der Waals surface area contributed by atoms with Gasteiger partial charge in [0, 0.05) is 9.13 Å². The first kappa shape index (κ1) is 13.1. The van der Waals surface area contributed by atoms with E-state index in [9.17, 15) is 4.79 Å². The number of hydrogen-bond donors (Lipinski definition) is 0. The van der Waals surface area contributed by atoms with Crippen LogP contribution in [0.15, 0.2) is 48.5 Å². The Kier molecular flexibility index (Phi) is 4.36. The van der Waals surface area contributed by atoms with E-state index in [0.29, 0.717) is 23.5 Å². The first-order valence-corrected chi connectivity index (χ1v) is 6.82. The number of benzene rings is 2. The monoisotopic (exact) mass is 352 g/mol. The Morgan fingerprint density at radius 1 is 1.11 bits per heavy atom. The predicted octanol–water partition coefficient (Wildman–Crippen LogP) is 3.92. The maximum absolute atomic E-state index is 12.4. The summed E-state index contributed by atoms with van der Waals surface area (Å²) in [5.74, 6) is 0.638. The van der Waals surface area contributed by atoms with E-state index in [1.54, 1.807) is 6.07 Å². The molecular formula is C15H13IO2. The molecule has 0 heterocycles. The van der Waals surface area contributed by atoms with Gasteiger partial charge in [-0.1, -0.05) is 12.1 Å². The molecule has 3 heteroatoms. The van der Waals surface area contributed by atoms with Crippen molar-refractivity contribution >= 4 is 28.4 Å². The summed E-state index contributed by atoms with van der Waals surface area (Å²) in [6.45, 7) is 2.46. The Bertz CT molecular complexity index is 547. The lowest BCUT2D eigenvalue weighted by molar-refractivity contribution is 0.103. The molecule has 0 saturated heterocycles. The third-order valence-corrected chi connectivity index (χ3v) is 3.26. The first-order chi connectivity index (χ1) is 8.72. The van der Waals surface area contributed by atoms with Gasteiger partial charge in [-0.3, -0.25) is 4.79 Å². The molecule has 0 unspecified atom stereocenters. The Morgan fingerprint density at radius 3 is 2.44 bits per heavy atom. The van der Waals surface area contributed by atoms with Gasteiger partial charge in [0.05, 0.1) is 12.2 Å². The Morgan fingerprint density at radius 2 is 1.78 bits per heavy atom. The molecule has 2 aromatic carbocycles. The summed E-state index contributed by atoms with van der Waals surface area (Å²) in [5.41, 5.74) is 1.29. The molecule has 2 aromatic rings. The molecule has 0 atom stereocenters. The molecule has 0 aliphatic heterocycles. The van der Waals surface area contributed by atoms with Crippen LogP contribution in [0.3, 0.4) is 0 Å². The highest BCUT2D eigenvalue weighted by Gasteiger charge is 2.13. The third kappa shape index (κ3) is 2.90. The van der Waals surface area contributed by atoms with Gasteiger partial charge in [0.25, 0.3) is 0 Å². The number of carbonyl (C=O) groups excluding carboxylic acids is 1. The second-order valence-corrected chi connectivity index (χ2v) is 5.01. The summed E-state index contributed by atoms with van der Waals surface area (Å²) in [7, 11) is 0. The average Bonchev–Trinajstić information content (AvgIpc) is 2.40. The molecule has 2 nitrogen and oxygen atoms in total. The zero-order valence-corrected chi connectivity index (χ0v) is 12.2. The molecule has 2 rings (SSSR count). The first-order valence-electron chi connectivity index (χ1n) is 5.74. The van der Waals surface area contributed by atoms with Gasteiger partial charge >= 0.3 is 0 Å². The van der Waals surface area contributed by atoms with Crippen LogP contribution in [0, 0.1) is 3.57 Å². The third-order valence-electron chi connectivity index (χ3n) is 2.54. The van der Waals surface area contributed by atoms with Gasteiger partial charge in [-0.15, -0.1) is 0 Å². The molecular weight excluding hydrogens is 339 g/mol. The van der Waals surface area contributed by atoms with E-state index < -0.39 is 0 Å². The maximum atomic E-state index is 12.4. The number of para-hydroxylation sites is 1. The molecule has 0 bridgehead atoms. The average molecular weight is 352 g/mol. The number of ether oxygens (including phenoxy) is 1. The second kappa shape index (κ2) is 6.00. The van der Waals surface area contributed by atoms with E-state index in [1.165, 1.54) is 0 Å². The number of carbonyl (C=O) groups is 1. The van der Waals surface area contributed by atoms with Crippen LogP contribution in [0.1, 0.15) is 22.8 Å². The molecule has 18 heavy (non-hydrogen) atoms. The minimum Gasteiger partial charge on any atom is -0.493 e. The van der Waals surface area contributed by atoms with Crippen LogP contribution < -0.4 is 4.74 Å². The van der Waals surface area contributed by atoms with Crippen molar-refractivity contribution in [3.63, 3.8) is 0 Å². The summed E-state index contributed by atoms with van der Waals surface area (Å²) < 4.78 is 6.59. The van der Waals surface area contributed by atoms with Crippen molar-refractivity contribution in [2.45, 2.75) is 6.92 Å². The van der Waals surface area contributed by atoms with Crippen LogP contribution in [-0.4, -0.2) is 12.4 Å². The van der Waals surface area contributed by atoms with Crippen LogP contribution in [0.4, 0.5) is 0 Å².